The number of aliphatic hydroxyl groups excluding tert-OH is 1. The van der Waals surface area contributed by atoms with Crippen molar-refractivity contribution in [2.24, 2.45) is 0 Å². The monoisotopic (exact) mass is 228 g/mol. The van der Waals surface area contributed by atoms with Gasteiger partial charge in [-0.05, 0) is 38.0 Å². The maximum absolute atomic E-state index is 9.66. The van der Waals surface area contributed by atoms with Crippen molar-refractivity contribution in [1.82, 2.24) is 0 Å². The molecule has 0 radical (unpaired) electrons. The van der Waals surface area contributed by atoms with E-state index in [9.17, 15) is 5.11 Å². The average molecular weight is 229 g/mol. The second-order valence-electron chi connectivity index (χ2n) is 3.77. The first kappa shape index (κ1) is 12.3. The van der Waals surface area contributed by atoms with Crippen LogP contribution in [0.1, 0.15) is 38.9 Å². The molecule has 0 saturated heterocycles. The highest BCUT2D eigenvalue weighted by atomic mass is 35.5. The summed E-state index contributed by atoms with van der Waals surface area (Å²) in [6.45, 7) is 5.84. The number of rotatable bonds is 4. The quantitative estimate of drug-likeness (QED) is 0.854. The molecule has 2 nitrogen and oxygen atoms in total. The lowest BCUT2D eigenvalue weighted by molar-refractivity contribution is 0.173. The van der Waals surface area contributed by atoms with Crippen LogP contribution in [0.3, 0.4) is 0 Å². The molecule has 1 aromatic rings. The molecule has 1 aromatic carbocycles. The van der Waals surface area contributed by atoms with Gasteiger partial charge in [-0.1, -0.05) is 24.6 Å². The lowest BCUT2D eigenvalue weighted by atomic mass is 10.1. The van der Waals surface area contributed by atoms with Crippen LogP contribution < -0.4 is 4.74 Å². The van der Waals surface area contributed by atoms with Crippen molar-refractivity contribution in [2.45, 2.75) is 39.4 Å². The Kier molecular flexibility index (Phi) is 4.43. The predicted octanol–water partition coefficient (Wildman–Crippen LogP) is 3.57. The van der Waals surface area contributed by atoms with Gasteiger partial charge in [0.25, 0.3) is 0 Å². The largest absolute Gasteiger partial charge is 0.491 e. The molecule has 0 amide bonds. The van der Waals surface area contributed by atoms with Gasteiger partial charge < -0.3 is 9.84 Å². The topological polar surface area (TPSA) is 29.5 Å². The molecular weight excluding hydrogens is 212 g/mol. The fraction of sp³-hybridized carbons (Fsp3) is 0.500. The maximum Gasteiger partial charge on any atom is 0.121 e. The van der Waals surface area contributed by atoms with Gasteiger partial charge >= 0.3 is 0 Å². The predicted molar refractivity (Wildman–Crippen MR) is 62.5 cm³/mol. The van der Waals surface area contributed by atoms with Crippen molar-refractivity contribution in [1.29, 1.82) is 0 Å². The number of aliphatic hydroxyl groups is 1. The maximum atomic E-state index is 9.66. The van der Waals surface area contributed by atoms with E-state index in [4.69, 9.17) is 16.3 Å². The van der Waals surface area contributed by atoms with E-state index >= 15 is 0 Å². The number of halogens is 1. The summed E-state index contributed by atoms with van der Waals surface area (Å²) in [7, 11) is 0. The summed E-state index contributed by atoms with van der Waals surface area (Å²) in [5.41, 5.74) is 0.760. The minimum Gasteiger partial charge on any atom is -0.491 e. The lowest BCUT2D eigenvalue weighted by Crippen LogP contribution is -2.06. The van der Waals surface area contributed by atoms with Gasteiger partial charge in [-0.15, -0.1) is 0 Å². The Morgan fingerprint density at radius 1 is 1.40 bits per heavy atom. The number of ether oxygens (including phenoxy) is 1. The molecule has 15 heavy (non-hydrogen) atoms. The van der Waals surface area contributed by atoms with Crippen LogP contribution in [0.5, 0.6) is 5.75 Å². The van der Waals surface area contributed by atoms with E-state index in [1.54, 1.807) is 6.07 Å². The standard InChI is InChI=1S/C12H17ClO2/c1-4-12(14)10-6-5-9(7-11(10)13)15-8(2)3/h5-8,12,14H,4H2,1-3H3. The second kappa shape index (κ2) is 5.38. The van der Waals surface area contributed by atoms with E-state index in [1.165, 1.54) is 0 Å². The van der Waals surface area contributed by atoms with Crippen LogP contribution in [0.25, 0.3) is 0 Å². The van der Waals surface area contributed by atoms with Gasteiger partial charge in [0.15, 0.2) is 0 Å². The molecule has 0 heterocycles. The SMILES string of the molecule is CCC(O)c1ccc(OC(C)C)cc1Cl. The highest BCUT2D eigenvalue weighted by molar-refractivity contribution is 6.31. The van der Waals surface area contributed by atoms with Crippen molar-refractivity contribution in [3.63, 3.8) is 0 Å². The number of benzene rings is 1. The molecular formula is C12H17ClO2. The first-order valence-corrected chi connectivity index (χ1v) is 5.56. The third kappa shape index (κ3) is 3.40. The highest BCUT2D eigenvalue weighted by Gasteiger charge is 2.10. The Balaban J connectivity index is 2.88. The first-order valence-electron chi connectivity index (χ1n) is 5.18. The van der Waals surface area contributed by atoms with E-state index in [-0.39, 0.29) is 6.10 Å². The minimum absolute atomic E-state index is 0.128. The molecule has 1 atom stereocenters. The van der Waals surface area contributed by atoms with Crippen LogP contribution in [0.15, 0.2) is 18.2 Å². The summed E-state index contributed by atoms with van der Waals surface area (Å²) in [5, 5.41) is 10.2. The zero-order valence-corrected chi connectivity index (χ0v) is 10.1. The van der Waals surface area contributed by atoms with Gasteiger partial charge in [-0.2, -0.15) is 0 Å². The highest BCUT2D eigenvalue weighted by Crippen LogP contribution is 2.29. The van der Waals surface area contributed by atoms with Crippen LogP contribution in [-0.4, -0.2) is 11.2 Å². The lowest BCUT2D eigenvalue weighted by Gasteiger charge is -2.14. The van der Waals surface area contributed by atoms with Crippen molar-refractivity contribution < 1.29 is 9.84 Å². The van der Waals surface area contributed by atoms with Gasteiger partial charge in [0, 0.05) is 0 Å². The fourth-order valence-electron chi connectivity index (χ4n) is 1.34. The zero-order chi connectivity index (χ0) is 11.4. The minimum atomic E-state index is -0.495. The van der Waals surface area contributed by atoms with Crippen molar-refractivity contribution in [2.75, 3.05) is 0 Å². The molecule has 1 unspecified atom stereocenters. The van der Waals surface area contributed by atoms with Gasteiger partial charge in [0.1, 0.15) is 5.75 Å². The molecule has 0 saturated carbocycles. The normalized spacial score (nSPS) is 12.9. The molecule has 0 spiro atoms. The molecule has 0 aromatic heterocycles. The van der Waals surface area contributed by atoms with Crippen LogP contribution in [0, 0.1) is 0 Å². The van der Waals surface area contributed by atoms with Crippen molar-refractivity contribution >= 4 is 11.6 Å². The molecule has 0 aliphatic heterocycles. The third-order valence-corrected chi connectivity index (χ3v) is 2.42. The van der Waals surface area contributed by atoms with Crippen LogP contribution in [0.2, 0.25) is 5.02 Å². The molecule has 0 aliphatic carbocycles. The van der Waals surface area contributed by atoms with Crippen LogP contribution in [-0.2, 0) is 0 Å². The fourth-order valence-corrected chi connectivity index (χ4v) is 1.64. The molecule has 0 bridgehead atoms. The number of hydrogen-bond acceptors (Lipinski definition) is 2. The number of hydrogen-bond donors (Lipinski definition) is 1. The van der Waals surface area contributed by atoms with E-state index in [0.717, 1.165) is 11.3 Å². The molecule has 0 aliphatic rings. The summed E-state index contributed by atoms with van der Waals surface area (Å²) < 4.78 is 5.50. The van der Waals surface area contributed by atoms with Gasteiger partial charge in [0.2, 0.25) is 0 Å². The van der Waals surface area contributed by atoms with Gasteiger partial charge in [-0.25, -0.2) is 0 Å². The van der Waals surface area contributed by atoms with E-state index < -0.39 is 6.10 Å². The summed E-state index contributed by atoms with van der Waals surface area (Å²) >= 11 is 6.05. The Morgan fingerprint density at radius 3 is 2.53 bits per heavy atom. The second-order valence-corrected chi connectivity index (χ2v) is 4.18. The summed E-state index contributed by atoms with van der Waals surface area (Å²) in [4.78, 5) is 0. The first-order chi connectivity index (χ1) is 7.04. The molecule has 84 valence electrons. The summed E-state index contributed by atoms with van der Waals surface area (Å²) in [6, 6.07) is 5.39. The summed E-state index contributed by atoms with van der Waals surface area (Å²) in [5.74, 6) is 0.738. The molecule has 0 fully saturated rings. The van der Waals surface area contributed by atoms with Gasteiger partial charge in [-0.3, -0.25) is 0 Å². The average Bonchev–Trinajstić information content (AvgIpc) is 2.16. The molecule has 1 N–H and O–H groups in total. The summed E-state index contributed by atoms with van der Waals surface area (Å²) in [6.07, 6.45) is 0.290. The Labute approximate surface area is 95.8 Å². The van der Waals surface area contributed by atoms with E-state index in [1.807, 2.05) is 32.9 Å². The van der Waals surface area contributed by atoms with Crippen LogP contribution >= 0.6 is 11.6 Å². The smallest absolute Gasteiger partial charge is 0.121 e. The van der Waals surface area contributed by atoms with Crippen LogP contribution in [0.4, 0.5) is 0 Å². The molecule has 3 heteroatoms. The third-order valence-electron chi connectivity index (χ3n) is 2.09. The van der Waals surface area contributed by atoms with Crippen molar-refractivity contribution in [3.8, 4) is 5.75 Å². The Bertz CT molecular complexity index is 323. The van der Waals surface area contributed by atoms with E-state index in [0.29, 0.717) is 11.4 Å². The van der Waals surface area contributed by atoms with Gasteiger partial charge in [0.05, 0.1) is 17.2 Å². The Morgan fingerprint density at radius 2 is 2.07 bits per heavy atom. The van der Waals surface area contributed by atoms with Crippen molar-refractivity contribution in [3.05, 3.63) is 28.8 Å². The molecule has 1 rings (SSSR count). The van der Waals surface area contributed by atoms with E-state index in [2.05, 4.69) is 0 Å². The Hall–Kier alpha value is -0.730. The zero-order valence-electron chi connectivity index (χ0n) is 9.33.